The highest BCUT2D eigenvalue weighted by atomic mass is 16.7. The van der Waals surface area contributed by atoms with E-state index in [0.29, 0.717) is 10.1 Å². The van der Waals surface area contributed by atoms with Crippen LogP contribution in [0.4, 0.5) is 4.79 Å². The van der Waals surface area contributed by atoms with Gasteiger partial charge in [-0.25, -0.2) is 14.4 Å². The standard InChI is InChI=1S/C16H17N3O10/c20-10-1-2-11(21)18(10)28-14(24)8-5-9(7-17(6-8)16(26)27)15(25)29-19-12(22)3-4-13(19)23/h8-9H,1-7H2,(H,26,27)/t8-,9+. The van der Waals surface area contributed by atoms with E-state index >= 15 is 0 Å². The molecular weight excluding hydrogens is 394 g/mol. The topological polar surface area (TPSA) is 168 Å². The first-order valence-corrected chi connectivity index (χ1v) is 8.80. The molecule has 2 atom stereocenters. The van der Waals surface area contributed by atoms with Gasteiger partial charge in [-0.05, 0) is 6.42 Å². The Balaban J connectivity index is 1.69. The van der Waals surface area contributed by atoms with Gasteiger partial charge in [-0.15, -0.1) is 10.1 Å². The third kappa shape index (κ3) is 4.17. The molecule has 0 bridgehead atoms. The minimum atomic E-state index is -1.41. The van der Waals surface area contributed by atoms with Crippen LogP contribution < -0.4 is 0 Å². The van der Waals surface area contributed by atoms with Gasteiger partial charge in [0.25, 0.3) is 23.6 Å². The van der Waals surface area contributed by atoms with E-state index < -0.39 is 53.5 Å². The number of hydroxylamine groups is 4. The maximum atomic E-state index is 12.4. The van der Waals surface area contributed by atoms with E-state index in [1.807, 2.05) is 0 Å². The molecule has 29 heavy (non-hydrogen) atoms. The first-order chi connectivity index (χ1) is 13.7. The van der Waals surface area contributed by atoms with Crippen molar-refractivity contribution in [1.82, 2.24) is 15.0 Å². The van der Waals surface area contributed by atoms with Gasteiger partial charge < -0.3 is 19.7 Å². The molecule has 3 saturated heterocycles. The van der Waals surface area contributed by atoms with Crippen molar-refractivity contribution in [2.45, 2.75) is 32.1 Å². The van der Waals surface area contributed by atoms with Crippen LogP contribution in [0, 0.1) is 11.8 Å². The summed E-state index contributed by atoms with van der Waals surface area (Å²) in [4.78, 5) is 92.8. The molecule has 3 aliphatic rings. The lowest BCUT2D eigenvalue weighted by Gasteiger charge is -2.34. The summed E-state index contributed by atoms with van der Waals surface area (Å²) in [7, 11) is 0. The van der Waals surface area contributed by atoms with Crippen LogP contribution in [-0.2, 0) is 38.4 Å². The molecule has 1 N–H and O–H groups in total. The van der Waals surface area contributed by atoms with E-state index in [4.69, 9.17) is 9.68 Å². The lowest BCUT2D eigenvalue weighted by atomic mass is 9.89. The number of hydrogen-bond donors (Lipinski definition) is 1. The number of carboxylic acid groups (broad SMARTS) is 1. The largest absolute Gasteiger partial charge is 0.465 e. The first kappa shape index (κ1) is 20.2. The van der Waals surface area contributed by atoms with Crippen molar-refractivity contribution in [3.63, 3.8) is 0 Å². The third-order valence-corrected chi connectivity index (χ3v) is 4.76. The zero-order chi connectivity index (χ0) is 21.3. The van der Waals surface area contributed by atoms with E-state index in [2.05, 4.69) is 0 Å². The highest BCUT2D eigenvalue weighted by Crippen LogP contribution is 2.26. The van der Waals surface area contributed by atoms with Crippen LogP contribution >= 0.6 is 0 Å². The van der Waals surface area contributed by atoms with Crippen LogP contribution in [0.2, 0.25) is 0 Å². The summed E-state index contributed by atoms with van der Waals surface area (Å²) in [5.41, 5.74) is 0. The number of likely N-dealkylation sites (tertiary alicyclic amines) is 1. The Bertz CT molecular complexity index is 719. The Labute approximate surface area is 163 Å². The van der Waals surface area contributed by atoms with Crippen molar-refractivity contribution < 1.29 is 48.3 Å². The normalized spacial score (nSPS) is 24.9. The molecule has 13 heteroatoms. The highest BCUT2D eigenvalue weighted by Gasteiger charge is 2.43. The number of carbonyl (C=O) groups is 7. The Morgan fingerprint density at radius 2 is 1.07 bits per heavy atom. The average Bonchev–Trinajstić information content (AvgIpc) is 3.17. The molecule has 0 aromatic carbocycles. The van der Waals surface area contributed by atoms with Gasteiger partial charge in [0.1, 0.15) is 0 Å². The SMILES string of the molecule is O=C(ON1C(=O)CCC1=O)[C@@H]1C[C@H](C(=O)ON2C(=O)CCC2=O)CN(C(=O)O)C1. The molecular formula is C16H17N3O10. The van der Waals surface area contributed by atoms with Crippen LogP contribution in [0.1, 0.15) is 32.1 Å². The van der Waals surface area contributed by atoms with Crippen LogP contribution in [-0.4, -0.2) is 74.9 Å². The molecule has 0 saturated carbocycles. The molecule has 156 valence electrons. The van der Waals surface area contributed by atoms with Crippen molar-refractivity contribution in [3.8, 4) is 0 Å². The van der Waals surface area contributed by atoms with Gasteiger partial charge in [0.05, 0.1) is 11.8 Å². The fourth-order valence-electron chi connectivity index (χ4n) is 3.24. The van der Waals surface area contributed by atoms with Gasteiger partial charge in [0, 0.05) is 38.8 Å². The molecule has 3 rings (SSSR count). The molecule has 5 amide bonds. The summed E-state index contributed by atoms with van der Waals surface area (Å²) >= 11 is 0. The number of piperidine rings is 1. The second-order valence-corrected chi connectivity index (χ2v) is 6.80. The Kier molecular flexibility index (Phi) is 5.48. The third-order valence-electron chi connectivity index (χ3n) is 4.76. The van der Waals surface area contributed by atoms with Crippen LogP contribution in [0.3, 0.4) is 0 Å². The fourth-order valence-corrected chi connectivity index (χ4v) is 3.24. The Hall–Kier alpha value is -3.51. The Morgan fingerprint density at radius 3 is 1.38 bits per heavy atom. The second kappa shape index (κ2) is 7.85. The van der Waals surface area contributed by atoms with E-state index in [9.17, 15) is 38.7 Å². The van der Waals surface area contributed by atoms with Crippen molar-refractivity contribution >= 4 is 41.7 Å². The number of carbonyl (C=O) groups excluding carboxylic acids is 6. The zero-order valence-corrected chi connectivity index (χ0v) is 15.1. The van der Waals surface area contributed by atoms with Gasteiger partial charge in [-0.2, -0.15) is 0 Å². The summed E-state index contributed by atoms with van der Waals surface area (Å²) in [5, 5.41) is 9.92. The molecule has 13 nitrogen and oxygen atoms in total. The lowest BCUT2D eigenvalue weighted by molar-refractivity contribution is -0.206. The fraction of sp³-hybridized carbons (Fsp3) is 0.562. The number of amides is 5. The van der Waals surface area contributed by atoms with Gasteiger partial charge in [0.15, 0.2) is 0 Å². The average molecular weight is 411 g/mol. The van der Waals surface area contributed by atoms with E-state index in [1.165, 1.54) is 0 Å². The van der Waals surface area contributed by atoms with E-state index in [-0.39, 0.29) is 45.2 Å². The van der Waals surface area contributed by atoms with Gasteiger partial charge in [-0.1, -0.05) is 0 Å². The van der Waals surface area contributed by atoms with Crippen molar-refractivity contribution in [2.75, 3.05) is 13.1 Å². The lowest BCUT2D eigenvalue weighted by Crippen LogP contribution is -2.50. The van der Waals surface area contributed by atoms with Gasteiger partial charge >= 0.3 is 18.0 Å². The smallest absolute Gasteiger partial charge is 0.407 e. The molecule has 3 aliphatic heterocycles. The van der Waals surface area contributed by atoms with E-state index in [1.54, 1.807) is 0 Å². The maximum Gasteiger partial charge on any atom is 0.407 e. The zero-order valence-electron chi connectivity index (χ0n) is 15.1. The number of rotatable bonds is 4. The van der Waals surface area contributed by atoms with Crippen molar-refractivity contribution in [3.05, 3.63) is 0 Å². The van der Waals surface area contributed by atoms with Gasteiger partial charge in [0.2, 0.25) is 0 Å². The molecule has 0 unspecified atom stereocenters. The summed E-state index contributed by atoms with van der Waals surface area (Å²) in [6, 6.07) is 0. The summed E-state index contributed by atoms with van der Waals surface area (Å²) in [6.07, 6.45) is -2.05. The summed E-state index contributed by atoms with van der Waals surface area (Å²) in [5.74, 6) is -7.22. The summed E-state index contributed by atoms with van der Waals surface area (Å²) < 4.78 is 0. The number of nitrogens with zero attached hydrogens (tertiary/aromatic N) is 3. The number of hydrogen-bond acceptors (Lipinski definition) is 9. The molecule has 0 aliphatic carbocycles. The molecule has 0 aromatic heterocycles. The number of imide groups is 2. The van der Waals surface area contributed by atoms with Crippen LogP contribution in [0.5, 0.6) is 0 Å². The minimum Gasteiger partial charge on any atom is -0.465 e. The molecule has 3 fully saturated rings. The van der Waals surface area contributed by atoms with Crippen molar-refractivity contribution in [1.29, 1.82) is 0 Å². The highest BCUT2D eigenvalue weighted by molar-refractivity contribution is 6.02. The quantitative estimate of drug-likeness (QED) is 0.556. The molecule has 0 spiro atoms. The van der Waals surface area contributed by atoms with Crippen LogP contribution in [0.25, 0.3) is 0 Å². The predicted octanol–water partition coefficient (Wildman–Crippen LogP) is -1.18. The van der Waals surface area contributed by atoms with Gasteiger partial charge in [-0.3, -0.25) is 19.2 Å². The van der Waals surface area contributed by atoms with E-state index in [0.717, 1.165) is 4.90 Å². The minimum absolute atomic E-state index is 0.106. The van der Waals surface area contributed by atoms with Crippen molar-refractivity contribution in [2.24, 2.45) is 11.8 Å². The second-order valence-electron chi connectivity index (χ2n) is 6.80. The molecule has 0 aromatic rings. The Morgan fingerprint density at radius 1 is 0.724 bits per heavy atom. The molecule has 0 radical (unpaired) electrons. The van der Waals surface area contributed by atoms with Crippen LogP contribution in [0.15, 0.2) is 0 Å². The maximum absolute atomic E-state index is 12.4. The monoisotopic (exact) mass is 411 g/mol. The summed E-state index contributed by atoms with van der Waals surface area (Å²) in [6.45, 7) is -0.647. The first-order valence-electron chi connectivity index (χ1n) is 8.80. The predicted molar refractivity (Wildman–Crippen MR) is 85.6 cm³/mol. The molecule has 3 heterocycles.